The largest absolute Gasteiger partial charge is 0.465 e. The van der Waals surface area contributed by atoms with Crippen LogP contribution < -0.4 is 5.32 Å². The number of carbonyl (C=O) groups excluding carboxylic acids is 2. The number of rotatable bonds is 50. The number of esters is 1. The van der Waals surface area contributed by atoms with Crippen LogP contribution in [-0.4, -0.2) is 47.4 Å². The Bertz CT molecular complexity index is 1010. The van der Waals surface area contributed by atoms with Gasteiger partial charge in [0.25, 0.3) is 0 Å². The highest BCUT2D eigenvalue weighted by molar-refractivity contribution is 5.76. The number of carbonyl (C=O) groups is 2. The van der Waals surface area contributed by atoms with Crippen LogP contribution in [0.15, 0.2) is 36.5 Å². The molecule has 2 atom stereocenters. The fraction of sp³-hybridized carbons (Fsp3) is 0.857. The van der Waals surface area contributed by atoms with Gasteiger partial charge < -0.3 is 20.3 Å². The van der Waals surface area contributed by atoms with Crippen LogP contribution >= 0.6 is 0 Å². The predicted octanol–water partition coefficient (Wildman–Crippen LogP) is 16.5. The molecule has 6 heteroatoms. The molecule has 0 radical (unpaired) electrons. The molecule has 0 aromatic carbocycles. The Morgan fingerprint density at radius 2 is 0.806 bits per heavy atom. The fourth-order valence-corrected chi connectivity index (χ4v) is 8.24. The van der Waals surface area contributed by atoms with E-state index >= 15 is 0 Å². The Morgan fingerprint density at radius 1 is 0.452 bits per heavy atom. The van der Waals surface area contributed by atoms with Crippen molar-refractivity contribution in [3.63, 3.8) is 0 Å². The van der Waals surface area contributed by atoms with Crippen molar-refractivity contribution in [3.8, 4) is 0 Å². The molecule has 0 fully saturated rings. The third kappa shape index (κ3) is 47.6. The molecule has 62 heavy (non-hydrogen) atoms. The van der Waals surface area contributed by atoms with E-state index in [1.54, 1.807) is 6.08 Å². The molecule has 3 N–H and O–H groups in total. The third-order valence-electron chi connectivity index (χ3n) is 12.4. The van der Waals surface area contributed by atoms with E-state index in [0.29, 0.717) is 19.4 Å². The predicted molar refractivity (Wildman–Crippen MR) is 269 cm³/mol. The molecule has 0 aromatic rings. The highest BCUT2D eigenvalue weighted by Gasteiger charge is 2.18. The van der Waals surface area contributed by atoms with Gasteiger partial charge in [0.1, 0.15) is 0 Å². The highest BCUT2D eigenvalue weighted by Crippen LogP contribution is 2.16. The van der Waals surface area contributed by atoms with Gasteiger partial charge >= 0.3 is 5.97 Å². The number of aliphatic hydroxyl groups excluding tert-OH is 2. The van der Waals surface area contributed by atoms with Gasteiger partial charge in [-0.3, -0.25) is 9.59 Å². The first-order chi connectivity index (χ1) is 30.5. The lowest BCUT2D eigenvalue weighted by Gasteiger charge is -2.20. The molecule has 1 amide bonds. The number of aliphatic hydroxyl groups is 2. The highest BCUT2D eigenvalue weighted by atomic mass is 16.5. The number of nitrogens with one attached hydrogen (secondary N) is 1. The van der Waals surface area contributed by atoms with Crippen molar-refractivity contribution in [2.75, 3.05) is 13.2 Å². The zero-order valence-electron chi connectivity index (χ0n) is 41.4. The zero-order valence-corrected chi connectivity index (χ0v) is 41.4. The second kappa shape index (κ2) is 51.7. The van der Waals surface area contributed by atoms with E-state index in [0.717, 1.165) is 51.4 Å². The number of allylic oxidation sites excluding steroid dienone is 4. The minimum atomic E-state index is -0.846. The lowest BCUT2D eigenvalue weighted by Crippen LogP contribution is -2.45. The van der Waals surface area contributed by atoms with Gasteiger partial charge in [0.15, 0.2) is 0 Å². The minimum Gasteiger partial charge on any atom is -0.465 e. The molecule has 0 bridgehead atoms. The molecule has 0 rings (SSSR count). The van der Waals surface area contributed by atoms with E-state index in [1.807, 2.05) is 6.08 Å². The summed E-state index contributed by atoms with van der Waals surface area (Å²) in [5.74, 6) is -0.109. The quantitative estimate of drug-likeness (QED) is 0.0321. The van der Waals surface area contributed by atoms with E-state index in [4.69, 9.17) is 4.74 Å². The van der Waals surface area contributed by atoms with Crippen molar-refractivity contribution in [1.29, 1.82) is 0 Å². The monoisotopic (exact) mass is 872 g/mol. The summed E-state index contributed by atoms with van der Waals surface area (Å²) in [7, 11) is 0. The van der Waals surface area contributed by atoms with Gasteiger partial charge in [0.05, 0.1) is 25.4 Å². The van der Waals surface area contributed by atoms with Crippen LogP contribution in [0.4, 0.5) is 0 Å². The van der Waals surface area contributed by atoms with Gasteiger partial charge in [-0.2, -0.15) is 0 Å². The van der Waals surface area contributed by atoms with E-state index in [1.165, 1.54) is 205 Å². The van der Waals surface area contributed by atoms with Gasteiger partial charge in [-0.25, -0.2) is 0 Å². The molecule has 6 nitrogen and oxygen atoms in total. The van der Waals surface area contributed by atoms with Crippen LogP contribution in [0.5, 0.6) is 0 Å². The lowest BCUT2D eigenvalue weighted by molar-refractivity contribution is -0.143. The standard InChI is InChI=1S/C56H105NO5/c1-3-5-7-9-11-13-15-16-27-30-34-38-42-46-50-56(61)62-51-47-43-39-35-31-28-25-23-21-19-17-18-20-22-24-26-29-33-37-41-45-49-55(60)57-53(52-58)54(59)48-44-40-36-32-14-12-10-8-6-4-2/h28,31,39,43-44,48,53-54,58-59H,3-27,29-30,32-38,40-42,45-47,49-52H2,1-2H3,(H,57,60)/b31-28-,43-39-,48-44+. The second-order valence-electron chi connectivity index (χ2n) is 18.6. The molecule has 0 aliphatic carbocycles. The van der Waals surface area contributed by atoms with E-state index in [-0.39, 0.29) is 18.5 Å². The van der Waals surface area contributed by atoms with Crippen LogP contribution in [0, 0.1) is 0 Å². The summed E-state index contributed by atoms with van der Waals surface area (Å²) in [5, 5.41) is 22.9. The maximum absolute atomic E-state index is 12.4. The summed E-state index contributed by atoms with van der Waals surface area (Å²) >= 11 is 0. The maximum atomic E-state index is 12.4. The molecule has 0 saturated carbocycles. The molecule has 0 saturated heterocycles. The Morgan fingerprint density at radius 3 is 1.23 bits per heavy atom. The van der Waals surface area contributed by atoms with Crippen molar-refractivity contribution in [2.45, 2.75) is 296 Å². The summed E-state index contributed by atoms with van der Waals surface area (Å²) in [6.07, 6.45) is 63.2. The molecular weight excluding hydrogens is 767 g/mol. The minimum absolute atomic E-state index is 0.0342. The molecule has 0 heterocycles. The summed E-state index contributed by atoms with van der Waals surface area (Å²) in [4.78, 5) is 24.4. The Labute approximate surface area is 385 Å². The fourth-order valence-electron chi connectivity index (χ4n) is 8.24. The van der Waals surface area contributed by atoms with Gasteiger partial charge in [0, 0.05) is 12.8 Å². The smallest absolute Gasteiger partial charge is 0.305 e. The van der Waals surface area contributed by atoms with Crippen LogP contribution in [0.25, 0.3) is 0 Å². The van der Waals surface area contributed by atoms with Gasteiger partial charge in [-0.05, 0) is 51.4 Å². The van der Waals surface area contributed by atoms with Crippen LogP contribution in [-0.2, 0) is 14.3 Å². The number of hydrogen-bond acceptors (Lipinski definition) is 5. The van der Waals surface area contributed by atoms with Crippen LogP contribution in [0.1, 0.15) is 284 Å². The molecule has 364 valence electrons. The second-order valence-corrected chi connectivity index (χ2v) is 18.6. The van der Waals surface area contributed by atoms with E-state index < -0.39 is 12.1 Å². The Kier molecular flexibility index (Phi) is 50.1. The average Bonchev–Trinajstić information content (AvgIpc) is 3.27. The topological polar surface area (TPSA) is 95.9 Å². The molecular formula is C56H105NO5. The van der Waals surface area contributed by atoms with E-state index in [2.05, 4.69) is 43.5 Å². The number of unbranched alkanes of at least 4 members (excludes halogenated alkanes) is 35. The first-order valence-corrected chi connectivity index (χ1v) is 27.3. The normalized spacial score (nSPS) is 12.9. The van der Waals surface area contributed by atoms with Crippen LogP contribution in [0.2, 0.25) is 0 Å². The first kappa shape index (κ1) is 60.1. The first-order valence-electron chi connectivity index (χ1n) is 27.3. The molecule has 0 spiro atoms. The Balaban J connectivity index is 3.45. The molecule has 0 aliphatic rings. The molecule has 2 unspecified atom stereocenters. The van der Waals surface area contributed by atoms with Crippen molar-refractivity contribution in [2.24, 2.45) is 0 Å². The van der Waals surface area contributed by atoms with Crippen molar-refractivity contribution in [1.82, 2.24) is 5.32 Å². The summed E-state index contributed by atoms with van der Waals surface area (Å²) in [6.45, 7) is 4.77. The van der Waals surface area contributed by atoms with Crippen molar-refractivity contribution >= 4 is 11.9 Å². The van der Waals surface area contributed by atoms with Crippen molar-refractivity contribution in [3.05, 3.63) is 36.5 Å². The third-order valence-corrected chi connectivity index (χ3v) is 12.4. The molecule has 0 aromatic heterocycles. The van der Waals surface area contributed by atoms with Gasteiger partial charge in [-0.15, -0.1) is 0 Å². The van der Waals surface area contributed by atoms with Crippen LogP contribution in [0.3, 0.4) is 0 Å². The maximum Gasteiger partial charge on any atom is 0.305 e. The Hall–Kier alpha value is -1.92. The number of ether oxygens (including phenoxy) is 1. The summed E-state index contributed by atoms with van der Waals surface area (Å²) < 4.78 is 5.41. The lowest BCUT2D eigenvalue weighted by atomic mass is 10.0. The van der Waals surface area contributed by atoms with Gasteiger partial charge in [-0.1, -0.05) is 256 Å². The average molecular weight is 872 g/mol. The SMILES string of the molecule is CCCCCCCCCC/C=C/C(O)C(CO)NC(=O)CCCCCCCCCCCCCCCC/C=C\C/C=C\CCOC(=O)CCCCCCCCCCCCCCCC. The van der Waals surface area contributed by atoms with E-state index in [9.17, 15) is 19.8 Å². The summed E-state index contributed by atoms with van der Waals surface area (Å²) in [5.41, 5.74) is 0. The zero-order chi connectivity index (χ0) is 45.1. The number of amides is 1. The van der Waals surface area contributed by atoms with Gasteiger partial charge in [0.2, 0.25) is 5.91 Å². The summed E-state index contributed by atoms with van der Waals surface area (Å²) in [6, 6.07) is -0.630. The van der Waals surface area contributed by atoms with Crippen molar-refractivity contribution < 1.29 is 24.5 Å². The molecule has 0 aliphatic heterocycles. The number of hydrogen-bond donors (Lipinski definition) is 3.